The third kappa shape index (κ3) is 3.72. The summed E-state index contributed by atoms with van der Waals surface area (Å²) >= 11 is 0. The summed E-state index contributed by atoms with van der Waals surface area (Å²) in [6, 6.07) is 3.36. The Hall–Kier alpha value is -2.02. The Balaban J connectivity index is 2.03. The molecule has 10 nitrogen and oxygen atoms in total. The molecule has 12 heteroatoms. The first-order valence-corrected chi connectivity index (χ1v) is 11.0. The molecule has 1 aliphatic heterocycles. The van der Waals surface area contributed by atoms with Crippen molar-refractivity contribution >= 4 is 36.7 Å². The van der Waals surface area contributed by atoms with E-state index < -0.39 is 19.9 Å². The second kappa shape index (κ2) is 6.95. The van der Waals surface area contributed by atoms with Gasteiger partial charge in [0.1, 0.15) is 6.33 Å². The van der Waals surface area contributed by atoms with Crippen LogP contribution in [0.25, 0.3) is 10.9 Å². The highest BCUT2D eigenvalue weighted by molar-refractivity contribution is 7.94. The SMILES string of the molecule is COc1cc2ncnc(N=S3(=O)CCN(S(N)(=O)=O)CC3)c2cc1OC. The normalized spacial score (nSPS) is 17.8. The molecule has 3 rings (SSSR count). The van der Waals surface area contributed by atoms with Gasteiger partial charge in [-0.25, -0.2) is 19.3 Å². The van der Waals surface area contributed by atoms with E-state index in [1.165, 1.54) is 20.5 Å². The van der Waals surface area contributed by atoms with Gasteiger partial charge in [0.25, 0.3) is 10.2 Å². The van der Waals surface area contributed by atoms with E-state index in [-0.39, 0.29) is 30.4 Å². The summed E-state index contributed by atoms with van der Waals surface area (Å²) in [4.78, 5) is 8.32. The smallest absolute Gasteiger partial charge is 0.276 e. The van der Waals surface area contributed by atoms with Gasteiger partial charge < -0.3 is 9.47 Å². The monoisotopic (exact) mass is 401 g/mol. The van der Waals surface area contributed by atoms with E-state index in [4.69, 9.17) is 14.6 Å². The number of hydrogen-bond acceptors (Lipinski definition) is 8. The molecule has 0 amide bonds. The summed E-state index contributed by atoms with van der Waals surface area (Å²) in [5.74, 6) is 1.43. The summed E-state index contributed by atoms with van der Waals surface area (Å²) in [5, 5.41) is 5.68. The van der Waals surface area contributed by atoms with Crippen molar-refractivity contribution in [3.8, 4) is 11.5 Å². The lowest BCUT2D eigenvalue weighted by molar-refractivity contribution is 0.356. The zero-order valence-electron chi connectivity index (χ0n) is 14.3. The topological polar surface area (TPSA) is 137 Å². The molecule has 2 heterocycles. The lowest BCUT2D eigenvalue weighted by Crippen LogP contribution is -2.46. The van der Waals surface area contributed by atoms with Crippen LogP contribution >= 0.6 is 0 Å². The highest BCUT2D eigenvalue weighted by Gasteiger charge is 2.27. The molecule has 2 N–H and O–H groups in total. The van der Waals surface area contributed by atoms with Gasteiger partial charge in [0.05, 0.1) is 29.5 Å². The quantitative estimate of drug-likeness (QED) is 0.776. The molecule has 1 aliphatic rings. The van der Waals surface area contributed by atoms with E-state index >= 15 is 0 Å². The highest BCUT2D eigenvalue weighted by atomic mass is 32.2. The molecule has 1 aromatic carbocycles. The molecule has 0 saturated carbocycles. The van der Waals surface area contributed by atoms with Gasteiger partial charge in [-0.2, -0.15) is 17.1 Å². The van der Waals surface area contributed by atoms with Crippen LogP contribution in [0.3, 0.4) is 0 Å². The van der Waals surface area contributed by atoms with Crippen LogP contribution in [0.1, 0.15) is 0 Å². The molecule has 0 bridgehead atoms. The largest absolute Gasteiger partial charge is 0.493 e. The van der Waals surface area contributed by atoms with Crippen LogP contribution in [0.4, 0.5) is 5.82 Å². The number of methoxy groups -OCH3 is 2. The fourth-order valence-corrected chi connectivity index (χ4v) is 5.43. The summed E-state index contributed by atoms with van der Waals surface area (Å²) in [6.45, 7) is 0.114. The summed E-state index contributed by atoms with van der Waals surface area (Å²) in [7, 11) is -3.42. The van der Waals surface area contributed by atoms with Gasteiger partial charge in [0.15, 0.2) is 17.3 Å². The maximum atomic E-state index is 13.0. The molecule has 0 unspecified atom stereocenters. The molecule has 26 heavy (non-hydrogen) atoms. The third-order valence-corrected chi connectivity index (χ3v) is 7.28. The van der Waals surface area contributed by atoms with Crippen molar-refractivity contribution < 1.29 is 22.1 Å². The number of aromatic nitrogens is 2. The Morgan fingerprint density at radius 3 is 2.35 bits per heavy atom. The van der Waals surface area contributed by atoms with Gasteiger partial charge in [-0.1, -0.05) is 0 Å². The predicted molar refractivity (Wildman–Crippen MR) is 97.3 cm³/mol. The zero-order valence-corrected chi connectivity index (χ0v) is 15.9. The van der Waals surface area contributed by atoms with Gasteiger partial charge in [0, 0.05) is 36.0 Å². The molecular formula is C14H19N5O5S2. The Morgan fingerprint density at radius 2 is 1.77 bits per heavy atom. The van der Waals surface area contributed by atoms with Crippen LogP contribution in [0, 0.1) is 0 Å². The zero-order chi connectivity index (χ0) is 18.9. The maximum Gasteiger partial charge on any atom is 0.276 e. The lowest BCUT2D eigenvalue weighted by Gasteiger charge is -2.25. The van der Waals surface area contributed by atoms with Gasteiger partial charge >= 0.3 is 0 Å². The molecule has 0 aliphatic carbocycles. The minimum Gasteiger partial charge on any atom is -0.493 e. The van der Waals surface area contributed by atoms with Crippen molar-refractivity contribution in [1.82, 2.24) is 14.3 Å². The summed E-state index contributed by atoms with van der Waals surface area (Å²) in [5.41, 5.74) is 0.571. The summed E-state index contributed by atoms with van der Waals surface area (Å²) < 4.78 is 51.8. The maximum absolute atomic E-state index is 13.0. The van der Waals surface area contributed by atoms with Crippen LogP contribution in [0.2, 0.25) is 0 Å². The minimum absolute atomic E-state index is 0.0569. The average molecular weight is 401 g/mol. The second-order valence-electron chi connectivity index (χ2n) is 5.64. The average Bonchev–Trinajstić information content (AvgIpc) is 2.60. The van der Waals surface area contributed by atoms with Crippen molar-refractivity contribution in [3.05, 3.63) is 18.5 Å². The molecular weight excluding hydrogens is 382 g/mol. The van der Waals surface area contributed by atoms with Crippen LogP contribution in [0.15, 0.2) is 22.8 Å². The molecule has 0 radical (unpaired) electrons. The van der Waals surface area contributed by atoms with Gasteiger partial charge in [0.2, 0.25) is 0 Å². The van der Waals surface area contributed by atoms with E-state index in [2.05, 4.69) is 14.3 Å². The molecule has 142 valence electrons. The van der Waals surface area contributed by atoms with Crippen LogP contribution < -0.4 is 14.6 Å². The Labute approximate surface area is 151 Å². The van der Waals surface area contributed by atoms with Crippen LogP contribution in [-0.4, -0.2) is 65.7 Å². The van der Waals surface area contributed by atoms with Crippen LogP contribution in [-0.2, 0) is 19.9 Å². The predicted octanol–water partition coefficient (Wildman–Crippen LogP) is 0.266. The van der Waals surface area contributed by atoms with Crippen molar-refractivity contribution in [3.63, 3.8) is 0 Å². The van der Waals surface area contributed by atoms with E-state index in [1.807, 2.05) is 0 Å². The Kier molecular flexibility index (Phi) is 5.01. The van der Waals surface area contributed by atoms with Crippen molar-refractivity contribution in [2.24, 2.45) is 9.50 Å². The van der Waals surface area contributed by atoms with E-state index in [9.17, 15) is 12.6 Å². The van der Waals surface area contributed by atoms with Gasteiger partial charge in [-0.3, -0.25) is 0 Å². The molecule has 1 fully saturated rings. The molecule has 0 spiro atoms. The number of nitrogens with zero attached hydrogens (tertiary/aromatic N) is 4. The number of hydrogen-bond donors (Lipinski definition) is 1. The second-order valence-corrected chi connectivity index (χ2v) is 9.73. The van der Waals surface area contributed by atoms with Crippen molar-refractivity contribution in [1.29, 1.82) is 0 Å². The fourth-order valence-electron chi connectivity index (χ4n) is 2.65. The minimum atomic E-state index is -3.79. The number of ether oxygens (including phenoxy) is 2. The Morgan fingerprint density at radius 1 is 1.15 bits per heavy atom. The van der Waals surface area contributed by atoms with Gasteiger partial charge in [-0.15, -0.1) is 0 Å². The molecule has 1 saturated heterocycles. The first kappa shape index (κ1) is 18.8. The molecule has 0 atom stereocenters. The third-order valence-electron chi connectivity index (χ3n) is 4.05. The van der Waals surface area contributed by atoms with Crippen molar-refractivity contribution in [2.75, 3.05) is 38.8 Å². The molecule has 2 aromatic rings. The van der Waals surface area contributed by atoms with E-state index in [1.54, 1.807) is 12.1 Å². The van der Waals surface area contributed by atoms with E-state index in [0.717, 1.165) is 4.31 Å². The van der Waals surface area contributed by atoms with E-state index in [0.29, 0.717) is 22.4 Å². The first-order chi connectivity index (χ1) is 12.3. The number of nitrogens with two attached hydrogens (primary N) is 1. The number of benzene rings is 1. The summed E-state index contributed by atoms with van der Waals surface area (Å²) in [6.07, 6.45) is 1.33. The first-order valence-electron chi connectivity index (χ1n) is 7.63. The Bertz CT molecular complexity index is 1050. The highest BCUT2D eigenvalue weighted by Crippen LogP contribution is 2.35. The molecule has 1 aromatic heterocycles. The number of fused-ring (bicyclic) bond motifs is 1. The fraction of sp³-hybridized carbons (Fsp3) is 0.429. The number of rotatable bonds is 4. The van der Waals surface area contributed by atoms with Crippen LogP contribution in [0.5, 0.6) is 11.5 Å². The lowest BCUT2D eigenvalue weighted by atomic mass is 10.2. The standard InChI is InChI=1S/C14H19N5O5S2/c1-23-12-7-10-11(8-13(12)24-2)16-9-17-14(10)18-25(20)5-3-19(4-6-25)26(15,21)22/h7-9H,3-6H2,1-2H3,(H2,15,21,22). The van der Waals surface area contributed by atoms with Crippen molar-refractivity contribution in [2.45, 2.75) is 0 Å². The van der Waals surface area contributed by atoms with Gasteiger partial charge in [-0.05, 0) is 6.07 Å².